The summed E-state index contributed by atoms with van der Waals surface area (Å²) in [7, 11) is 1.51. The Labute approximate surface area is 106 Å². The molecule has 3 N–H and O–H groups in total. The summed E-state index contributed by atoms with van der Waals surface area (Å²) in [6, 6.07) is 0.472. The Morgan fingerprint density at radius 1 is 1.33 bits per heavy atom. The number of nitrogens with zero attached hydrogens (tertiary/aromatic N) is 2. The van der Waals surface area contributed by atoms with Gasteiger partial charge in [0.1, 0.15) is 5.69 Å². The van der Waals surface area contributed by atoms with Crippen LogP contribution in [-0.2, 0) is 0 Å². The van der Waals surface area contributed by atoms with Gasteiger partial charge in [0.25, 0.3) is 5.91 Å². The van der Waals surface area contributed by atoms with Gasteiger partial charge in [0.15, 0.2) is 0 Å². The van der Waals surface area contributed by atoms with Gasteiger partial charge in [0.2, 0.25) is 5.88 Å². The molecule has 2 rings (SSSR count). The molecule has 1 saturated carbocycles. The number of ether oxygens (including phenoxy) is 1. The number of rotatable bonds is 3. The van der Waals surface area contributed by atoms with Crippen molar-refractivity contribution in [2.24, 2.45) is 5.73 Å². The van der Waals surface area contributed by atoms with Gasteiger partial charge in [-0.15, -0.1) is 0 Å². The lowest BCUT2D eigenvalue weighted by molar-refractivity contribution is 0.0920. The van der Waals surface area contributed by atoms with Gasteiger partial charge >= 0.3 is 0 Å². The molecule has 6 heteroatoms. The van der Waals surface area contributed by atoms with Crippen LogP contribution in [0.4, 0.5) is 0 Å². The molecular formula is C12H18N4O2. The smallest absolute Gasteiger partial charge is 0.271 e. The van der Waals surface area contributed by atoms with Crippen molar-refractivity contribution in [2.75, 3.05) is 7.11 Å². The predicted octanol–water partition coefficient (Wildman–Crippen LogP) is 0.485. The van der Waals surface area contributed by atoms with E-state index in [-0.39, 0.29) is 18.0 Å². The standard InChI is InChI=1S/C12H18N4O2/c1-18-11-7-14-10(6-15-11)12(17)16-9-4-2-8(13)3-5-9/h6-9H,2-5,13H2,1H3,(H,16,17). The number of nitrogens with two attached hydrogens (primary N) is 1. The summed E-state index contributed by atoms with van der Waals surface area (Å²) in [6.07, 6.45) is 6.62. The number of carbonyl (C=O) groups excluding carboxylic acids is 1. The zero-order valence-corrected chi connectivity index (χ0v) is 10.4. The van der Waals surface area contributed by atoms with Crippen LogP contribution in [0.15, 0.2) is 12.4 Å². The second-order valence-electron chi connectivity index (χ2n) is 4.53. The first-order chi connectivity index (χ1) is 8.69. The molecule has 1 aromatic rings. The van der Waals surface area contributed by atoms with E-state index >= 15 is 0 Å². The molecule has 1 amide bonds. The van der Waals surface area contributed by atoms with Gasteiger partial charge in [-0.05, 0) is 25.7 Å². The van der Waals surface area contributed by atoms with Crippen molar-refractivity contribution in [2.45, 2.75) is 37.8 Å². The quantitative estimate of drug-likeness (QED) is 0.814. The van der Waals surface area contributed by atoms with Crippen LogP contribution >= 0.6 is 0 Å². The van der Waals surface area contributed by atoms with Crippen LogP contribution in [0.5, 0.6) is 5.88 Å². The lowest BCUT2D eigenvalue weighted by Gasteiger charge is -2.26. The van der Waals surface area contributed by atoms with Gasteiger partial charge in [-0.2, -0.15) is 0 Å². The molecule has 18 heavy (non-hydrogen) atoms. The third kappa shape index (κ3) is 3.16. The molecule has 1 aliphatic carbocycles. The maximum absolute atomic E-state index is 11.9. The van der Waals surface area contributed by atoms with Crippen LogP contribution in [0.2, 0.25) is 0 Å². The van der Waals surface area contributed by atoms with Gasteiger partial charge in [0, 0.05) is 12.1 Å². The van der Waals surface area contributed by atoms with Gasteiger partial charge < -0.3 is 15.8 Å². The van der Waals surface area contributed by atoms with Crippen molar-refractivity contribution < 1.29 is 9.53 Å². The lowest BCUT2D eigenvalue weighted by Crippen LogP contribution is -2.40. The molecular weight excluding hydrogens is 232 g/mol. The number of aromatic nitrogens is 2. The SMILES string of the molecule is COc1cnc(C(=O)NC2CCC(N)CC2)cn1. The van der Waals surface area contributed by atoms with E-state index in [1.54, 1.807) is 0 Å². The van der Waals surface area contributed by atoms with Crippen LogP contribution in [-0.4, -0.2) is 35.1 Å². The fraction of sp³-hybridized carbons (Fsp3) is 0.583. The zero-order valence-electron chi connectivity index (χ0n) is 10.4. The molecule has 1 heterocycles. The molecule has 0 aliphatic heterocycles. The summed E-state index contributed by atoms with van der Waals surface area (Å²) in [5.41, 5.74) is 6.13. The van der Waals surface area contributed by atoms with Gasteiger partial charge in [0.05, 0.1) is 19.5 Å². The molecule has 0 radical (unpaired) electrons. The highest BCUT2D eigenvalue weighted by Crippen LogP contribution is 2.17. The fourth-order valence-electron chi connectivity index (χ4n) is 2.06. The molecule has 0 unspecified atom stereocenters. The van der Waals surface area contributed by atoms with E-state index in [4.69, 9.17) is 10.5 Å². The third-order valence-corrected chi connectivity index (χ3v) is 3.18. The minimum atomic E-state index is -0.189. The Bertz CT molecular complexity index is 399. The molecule has 0 saturated heterocycles. The van der Waals surface area contributed by atoms with Gasteiger partial charge in [-0.1, -0.05) is 0 Å². The summed E-state index contributed by atoms with van der Waals surface area (Å²) < 4.78 is 4.89. The van der Waals surface area contributed by atoms with Crippen LogP contribution < -0.4 is 15.8 Å². The summed E-state index contributed by atoms with van der Waals surface area (Å²) in [5.74, 6) is 0.209. The van der Waals surface area contributed by atoms with E-state index < -0.39 is 0 Å². The minimum Gasteiger partial charge on any atom is -0.480 e. The van der Waals surface area contributed by atoms with Crippen LogP contribution in [0.1, 0.15) is 36.2 Å². The maximum atomic E-state index is 11.9. The van der Waals surface area contributed by atoms with Crippen molar-refractivity contribution >= 4 is 5.91 Å². The Morgan fingerprint density at radius 3 is 2.61 bits per heavy atom. The van der Waals surface area contributed by atoms with Crippen LogP contribution in [0.25, 0.3) is 0 Å². The minimum absolute atomic E-state index is 0.189. The highest BCUT2D eigenvalue weighted by molar-refractivity contribution is 5.92. The van der Waals surface area contributed by atoms with E-state index in [0.29, 0.717) is 11.6 Å². The van der Waals surface area contributed by atoms with Crippen molar-refractivity contribution in [3.05, 3.63) is 18.1 Å². The third-order valence-electron chi connectivity index (χ3n) is 3.18. The largest absolute Gasteiger partial charge is 0.480 e. The molecule has 1 aromatic heterocycles. The highest BCUT2D eigenvalue weighted by atomic mass is 16.5. The van der Waals surface area contributed by atoms with E-state index in [9.17, 15) is 4.79 Å². The second-order valence-corrected chi connectivity index (χ2v) is 4.53. The molecule has 6 nitrogen and oxygen atoms in total. The van der Waals surface area contributed by atoms with Gasteiger partial charge in [-0.25, -0.2) is 9.97 Å². The molecule has 0 aromatic carbocycles. The Balaban J connectivity index is 1.90. The first kappa shape index (κ1) is 12.8. The first-order valence-corrected chi connectivity index (χ1v) is 6.11. The van der Waals surface area contributed by atoms with Crippen molar-refractivity contribution in [1.82, 2.24) is 15.3 Å². The first-order valence-electron chi connectivity index (χ1n) is 6.11. The number of nitrogens with one attached hydrogen (secondary N) is 1. The Hall–Kier alpha value is -1.69. The second kappa shape index (κ2) is 5.77. The highest BCUT2D eigenvalue weighted by Gasteiger charge is 2.21. The summed E-state index contributed by atoms with van der Waals surface area (Å²) in [4.78, 5) is 19.9. The van der Waals surface area contributed by atoms with Crippen LogP contribution in [0, 0.1) is 0 Å². The topological polar surface area (TPSA) is 90.1 Å². The molecule has 1 aliphatic rings. The number of methoxy groups -OCH3 is 1. The zero-order chi connectivity index (χ0) is 13.0. The lowest BCUT2D eigenvalue weighted by atomic mass is 9.92. The van der Waals surface area contributed by atoms with Crippen molar-refractivity contribution in [3.8, 4) is 5.88 Å². The van der Waals surface area contributed by atoms with Crippen molar-refractivity contribution in [1.29, 1.82) is 0 Å². The normalized spacial score (nSPS) is 23.4. The molecule has 0 spiro atoms. The van der Waals surface area contributed by atoms with E-state index in [2.05, 4.69) is 15.3 Å². The van der Waals surface area contributed by atoms with Crippen LogP contribution in [0.3, 0.4) is 0 Å². The molecule has 0 atom stereocenters. The summed E-state index contributed by atoms with van der Waals surface area (Å²) in [6.45, 7) is 0. The molecule has 98 valence electrons. The van der Waals surface area contributed by atoms with E-state index in [1.165, 1.54) is 19.5 Å². The van der Waals surface area contributed by atoms with Gasteiger partial charge in [-0.3, -0.25) is 4.79 Å². The predicted molar refractivity (Wildman–Crippen MR) is 66.3 cm³/mol. The Morgan fingerprint density at radius 2 is 2.06 bits per heavy atom. The number of hydrogen-bond acceptors (Lipinski definition) is 5. The van der Waals surface area contributed by atoms with E-state index in [0.717, 1.165) is 25.7 Å². The molecule has 0 bridgehead atoms. The average molecular weight is 250 g/mol. The average Bonchev–Trinajstić information content (AvgIpc) is 2.41. The fourth-order valence-corrected chi connectivity index (χ4v) is 2.06. The summed E-state index contributed by atoms with van der Waals surface area (Å²) >= 11 is 0. The number of amides is 1. The monoisotopic (exact) mass is 250 g/mol. The number of carbonyl (C=O) groups is 1. The molecule has 1 fully saturated rings. The van der Waals surface area contributed by atoms with Crippen molar-refractivity contribution in [3.63, 3.8) is 0 Å². The summed E-state index contributed by atoms with van der Waals surface area (Å²) in [5, 5.41) is 2.96. The maximum Gasteiger partial charge on any atom is 0.271 e. The number of hydrogen-bond donors (Lipinski definition) is 2. The van der Waals surface area contributed by atoms with E-state index in [1.807, 2.05) is 0 Å². The Kier molecular flexibility index (Phi) is 4.09.